The van der Waals surface area contributed by atoms with Crippen LogP contribution in [-0.4, -0.2) is 14.1 Å². The number of nitrogens with zero attached hydrogens (tertiary/aromatic N) is 5. The first-order valence-electron chi connectivity index (χ1n) is 10.5. The van der Waals surface area contributed by atoms with Crippen LogP contribution in [0.3, 0.4) is 0 Å². The zero-order valence-electron chi connectivity index (χ0n) is 18.9. The van der Waals surface area contributed by atoms with Crippen molar-refractivity contribution < 1.29 is 13.5 Å². The molecule has 9 heteroatoms. The number of aryl methyl sites for hydroxylation is 1. The number of imidazole rings is 1. The molecule has 35 heavy (non-hydrogen) atoms. The van der Waals surface area contributed by atoms with Crippen LogP contribution in [0.1, 0.15) is 34.2 Å². The third-order valence-electron chi connectivity index (χ3n) is 5.75. The number of ether oxygens (including phenoxy) is 1. The molecule has 0 spiro atoms. The lowest BCUT2D eigenvalue weighted by molar-refractivity contribution is 0.0585. The maximum absolute atomic E-state index is 14.7. The van der Waals surface area contributed by atoms with E-state index >= 15 is 0 Å². The molecule has 0 saturated carbocycles. The molecular formula is C26H19F2N5O2. The molecule has 1 atom stereocenters. The van der Waals surface area contributed by atoms with Crippen LogP contribution in [0, 0.1) is 34.3 Å². The molecular weight excluding hydrogens is 452 g/mol. The normalized spacial score (nSPS) is 11.6. The van der Waals surface area contributed by atoms with E-state index in [4.69, 9.17) is 10.00 Å². The molecule has 4 aromatic rings. The van der Waals surface area contributed by atoms with E-state index in [-0.39, 0.29) is 29.0 Å². The van der Waals surface area contributed by atoms with Crippen molar-refractivity contribution in [3.63, 3.8) is 0 Å². The second kappa shape index (κ2) is 9.72. The molecule has 1 unspecified atom stereocenters. The Balaban J connectivity index is 1.82. The summed E-state index contributed by atoms with van der Waals surface area (Å²) in [5.74, 6) is -2.14. The molecule has 0 aliphatic heterocycles. The molecule has 0 fully saturated rings. The van der Waals surface area contributed by atoms with Gasteiger partial charge in [0.1, 0.15) is 17.7 Å². The summed E-state index contributed by atoms with van der Waals surface area (Å²) in [7, 11) is 3.25. The molecule has 0 aliphatic carbocycles. The van der Waals surface area contributed by atoms with Gasteiger partial charge in [-0.05, 0) is 29.8 Å². The predicted octanol–water partition coefficient (Wildman–Crippen LogP) is 4.11. The van der Waals surface area contributed by atoms with Gasteiger partial charge < -0.3 is 13.9 Å². The topological polar surface area (TPSA) is 96.6 Å². The van der Waals surface area contributed by atoms with Gasteiger partial charge in [-0.3, -0.25) is 4.79 Å². The molecule has 2 aromatic carbocycles. The summed E-state index contributed by atoms with van der Waals surface area (Å²) >= 11 is 0. The Kier molecular flexibility index (Phi) is 6.54. The Hall–Kier alpha value is -4.60. The number of aromatic nitrogens is 3. The maximum Gasteiger partial charge on any atom is 0.268 e. The SMILES string of the molecule is Cn1cncc1C(OCc1c(-c2cccc(F)c2F)cc(C#N)c(=O)n1C)c1ccc(C#N)cc1. The van der Waals surface area contributed by atoms with E-state index in [1.54, 1.807) is 48.4 Å². The van der Waals surface area contributed by atoms with Gasteiger partial charge in [0, 0.05) is 25.2 Å². The minimum atomic E-state index is -1.09. The Bertz CT molecular complexity index is 1540. The van der Waals surface area contributed by atoms with Crippen LogP contribution in [0.2, 0.25) is 0 Å². The predicted molar refractivity (Wildman–Crippen MR) is 123 cm³/mol. The van der Waals surface area contributed by atoms with Crippen LogP contribution in [-0.2, 0) is 25.4 Å². The van der Waals surface area contributed by atoms with Gasteiger partial charge >= 0.3 is 0 Å². The summed E-state index contributed by atoms with van der Waals surface area (Å²) in [6.07, 6.45) is 2.60. The maximum atomic E-state index is 14.7. The van der Waals surface area contributed by atoms with Gasteiger partial charge in [0.05, 0.1) is 42.2 Å². The zero-order chi connectivity index (χ0) is 25.1. The average molecular weight is 471 g/mol. The van der Waals surface area contributed by atoms with Crippen molar-refractivity contribution >= 4 is 0 Å². The van der Waals surface area contributed by atoms with Crippen LogP contribution in [0.15, 0.2) is 65.8 Å². The molecule has 2 aromatic heterocycles. The minimum Gasteiger partial charge on any atom is -0.361 e. The first-order valence-corrected chi connectivity index (χ1v) is 10.5. The highest BCUT2D eigenvalue weighted by Gasteiger charge is 2.23. The highest BCUT2D eigenvalue weighted by Crippen LogP contribution is 2.31. The summed E-state index contributed by atoms with van der Waals surface area (Å²) in [6, 6.07) is 15.7. The fourth-order valence-electron chi connectivity index (χ4n) is 3.84. The van der Waals surface area contributed by atoms with Crippen molar-refractivity contribution in [1.29, 1.82) is 10.5 Å². The summed E-state index contributed by atoms with van der Waals surface area (Å²) in [4.78, 5) is 16.8. The number of halogens is 2. The summed E-state index contributed by atoms with van der Waals surface area (Å²) in [5, 5.41) is 18.5. The van der Waals surface area contributed by atoms with Crippen molar-refractivity contribution in [1.82, 2.24) is 14.1 Å². The Morgan fingerprint density at radius 3 is 2.43 bits per heavy atom. The molecule has 0 aliphatic rings. The second-order valence-electron chi connectivity index (χ2n) is 7.85. The van der Waals surface area contributed by atoms with E-state index in [2.05, 4.69) is 11.1 Å². The third-order valence-corrected chi connectivity index (χ3v) is 5.75. The van der Waals surface area contributed by atoms with Crippen LogP contribution in [0.5, 0.6) is 0 Å². The first kappa shape index (κ1) is 23.6. The van der Waals surface area contributed by atoms with Crippen molar-refractivity contribution in [3.8, 4) is 23.3 Å². The number of hydrogen-bond acceptors (Lipinski definition) is 5. The van der Waals surface area contributed by atoms with Crippen molar-refractivity contribution in [2.75, 3.05) is 0 Å². The zero-order valence-corrected chi connectivity index (χ0v) is 18.9. The van der Waals surface area contributed by atoms with E-state index in [9.17, 15) is 18.8 Å². The van der Waals surface area contributed by atoms with Gasteiger partial charge in [-0.2, -0.15) is 10.5 Å². The molecule has 174 valence electrons. The van der Waals surface area contributed by atoms with E-state index in [0.717, 1.165) is 11.6 Å². The number of hydrogen-bond donors (Lipinski definition) is 0. The second-order valence-corrected chi connectivity index (χ2v) is 7.85. The van der Waals surface area contributed by atoms with Crippen LogP contribution >= 0.6 is 0 Å². The lowest BCUT2D eigenvalue weighted by Gasteiger charge is -2.22. The fraction of sp³-hybridized carbons (Fsp3) is 0.154. The highest BCUT2D eigenvalue weighted by molar-refractivity contribution is 5.68. The van der Waals surface area contributed by atoms with Gasteiger partial charge in [-0.15, -0.1) is 0 Å². The highest BCUT2D eigenvalue weighted by atomic mass is 19.2. The molecule has 4 rings (SSSR count). The standard InChI is InChI=1S/C26H19F2N5O2/c1-32-15-31-13-22(32)25(17-8-6-16(11-29)7-9-17)35-14-23-20(10-18(12-30)26(34)33(23)2)19-4-3-5-21(27)24(19)28/h3-10,13,15,25H,14H2,1-2H3. The lowest BCUT2D eigenvalue weighted by atomic mass is 10.0. The van der Waals surface area contributed by atoms with Gasteiger partial charge in [-0.1, -0.05) is 24.3 Å². The lowest BCUT2D eigenvalue weighted by Crippen LogP contribution is -2.25. The number of rotatable bonds is 6. The van der Waals surface area contributed by atoms with Crippen LogP contribution in [0.25, 0.3) is 11.1 Å². The summed E-state index contributed by atoms with van der Waals surface area (Å²) < 4.78 is 38.0. The fourth-order valence-corrected chi connectivity index (χ4v) is 3.84. The molecule has 0 saturated heterocycles. The molecule has 0 bridgehead atoms. The number of nitriles is 2. The average Bonchev–Trinajstić information content (AvgIpc) is 3.29. The van der Waals surface area contributed by atoms with Crippen LogP contribution < -0.4 is 5.56 Å². The number of benzene rings is 2. The van der Waals surface area contributed by atoms with Crippen LogP contribution in [0.4, 0.5) is 8.78 Å². The monoisotopic (exact) mass is 471 g/mol. The van der Waals surface area contributed by atoms with E-state index < -0.39 is 23.3 Å². The summed E-state index contributed by atoms with van der Waals surface area (Å²) in [6.45, 7) is -0.168. The smallest absolute Gasteiger partial charge is 0.268 e. The quantitative estimate of drug-likeness (QED) is 0.422. The molecule has 0 N–H and O–H groups in total. The van der Waals surface area contributed by atoms with Gasteiger partial charge in [0.2, 0.25) is 0 Å². The molecule has 2 heterocycles. The minimum absolute atomic E-state index is 0.0915. The third kappa shape index (κ3) is 4.45. The van der Waals surface area contributed by atoms with Gasteiger partial charge in [0.25, 0.3) is 5.56 Å². The van der Waals surface area contributed by atoms with Crippen molar-refractivity contribution in [2.45, 2.75) is 12.7 Å². The van der Waals surface area contributed by atoms with Gasteiger partial charge in [-0.25, -0.2) is 13.8 Å². The van der Waals surface area contributed by atoms with E-state index in [1.165, 1.54) is 29.8 Å². The molecule has 0 amide bonds. The number of pyridine rings is 1. The van der Waals surface area contributed by atoms with Gasteiger partial charge in [0.15, 0.2) is 11.6 Å². The van der Waals surface area contributed by atoms with Crippen molar-refractivity contribution in [3.05, 3.63) is 111 Å². The van der Waals surface area contributed by atoms with E-state index in [1.807, 2.05) is 6.07 Å². The first-order chi connectivity index (χ1) is 16.8. The molecule has 0 radical (unpaired) electrons. The Labute approximate surface area is 199 Å². The Morgan fingerprint density at radius 2 is 1.80 bits per heavy atom. The summed E-state index contributed by atoms with van der Waals surface area (Å²) in [5.41, 5.74) is 1.47. The molecule has 7 nitrogen and oxygen atoms in total. The Morgan fingerprint density at radius 1 is 1.06 bits per heavy atom. The largest absolute Gasteiger partial charge is 0.361 e. The van der Waals surface area contributed by atoms with E-state index in [0.29, 0.717) is 11.3 Å². The van der Waals surface area contributed by atoms with Crippen molar-refractivity contribution in [2.24, 2.45) is 14.1 Å².